The Morgan fingerprint density at radius 3 is 2.65 bits per heavy atom. The van der Waals surface area contributed by atoms with Crippen LogP contribution < -0.4 is 5.73 Å². The molecule has 2 aromatic rings. The number of hydrogen-bond acceptors (Lipinski definition) is 3. The molecule has 0 amide bonds. The Labute approximate surface area is 121 Å². The van der Waals surface area contributed by atoms with Gasteiger partial charge in [-0.3, -0.25) is 4.79 Å². The first kappa shape index (κ1) is 14.3. The number of nitrogen functional groups attached to an aromatic ring is 1. The summed E-state index contributed by atoms with van der Waals surface area (Å²) in [6, 6.07) is 11.3. The lowest BCUT2D eigenvalue weighted by Gasteiger charge is -2.08. The van der Waals surface area contributed by atoms with Gasteiger partial charge in [-0.2, -0.15) is 0 Å². The Hall–Kier alpha value is -2.07. The number of esters is 1. The second kappa shape index (κ2) is 6.39. The average Bonchev–Trinajstić information content (AvgIpc) is 2.41. The summed E-state index contributed by atoms with van der Waals surface area (Å²) in [5.41, 5.74) is 7.10. The molecule has 2 rings (SSSR count). The van der Waals surface area contributed by atoms with Crippen molar-refractivity contribution in [3.63, 3.8) is 0 Å². The van der Waals surface area contributed by atoms with Gasteiger partial charge in [-0.25, -0.2) is 4.39 Å². The van der Waals surface area contributed by atoms with Crippen molar-refractivity contribution >= 4 is 23.3 Å². The molecule has 0 radical (unpaired) electrons. The second-order valence-electron chi connectivity index (χ2n) is 4.24. The van der Waals surface area contributed by atoms with Crippen LogP contribution in [0.1, 0.15) is 11.1 Å². The number of benzene rings is 2. The molecule has 0 aromatic heterocycles. The number of rotatable bonds is 4. The first-order valence-electron chi connectivity index (χ1n) is 6.00. The summed E-state index contributed by atoms with van der Waals surface area (Å²) >= 11 is 5.85. The normalized spacial score (nSPS) is 10.3. The number of nitrogens with two attached hydrogens (primary N) is 1. The molecule has 0 aliphatic carbocycles. The van der Waals surface area contributed by atoms with Gasteiger partial charge in [-0.1, -0.05) is 35.9 Å². The molecule has 0 bridgehead atoms. The zero-order valence-corrected chi connectivity index (χ0v) is 11.4. The molecule has 2 aromatic carbocycles. The first-order chi connectivity index (χ1) is 9.58. The van der Waals surface area contributed by atoms with Crippen LogP contribution in [-0.4, -0.2) is 5.97 Å². The zero-order chi connectivity index (χ0) is 14.5. The van der Waals surface area contributed by atoms with Crippen LogP contribution in [0.3, 0.4) is 0 Å². The quantitative estimate of drug-likeness (QED) is 0.695. The average molecular weight is 294 g/mol. The summed E-state index contributed by atoms with van der Waals surface area (Å²) in [5.74, 6) is -0.980. The van der Waals surface area contributed by atoms with E-state index in [0.29, 0.717) is 11.3 Å². The standard InChI is InChI=1S/C15H13ClFNO2/c16-12-5-3-6-13(17)11(12)9-20-15(19)8-10-4-1-2-7-14(10)18/h1-7H,8-9,18H2. The van der Waals surface area contributed by atoms with Gasteiger partial charge in [0.1, 0.15) is 12.4 Å². The fraction of sp³-hybridized carbons (Fsp3) is 0.133. The van der Waals surface area contributed by atoms with Gasteiger partial charge in [0, 0.05) is 11.3 Å². The van der Waals surface area contributed by atoms with Crippen LogP contribution in [0.4, 0.5) is 10.1 Å². The largest absolute Gasteiger partial charge is 0.460 e. The number of ether oxygens (including phenoxy) is 1. The first-order valence-corrected chi connectivity index (χ1v) is 6.37. The van der Waals surface area contributed by atoms with Gasteiger partial charge >= 0.3 is 5.97 Å². The van der Waals surface area contributed by atoms with Gasteiger partial charge in [0.2, 0.25) is 0 Å². The van der Waals surface area contributed by atoms with Gasteiger partial charge in [0.15, 0.2) is 0 Å². The molecule has 0 aliphatic rings. The molecule has 0 unspecified atom stereocenters. The molecule has 0 atom stereocenters. The van der Waals surface area contributed by atoms with E-state index in [4.69, 9.17) is 22.1 Å². The molecular formula is C15H13ClFNO2. The van der Waals surface area contributed by atoms with E-state index in [0.717, 1.165) is 0 Å². The highest BCUT2D eigenvalue weighted by Crippen LogP contribution is 2.20. The Balaban J connectivity index is 1.98. The van der Waals surface area contributed by atoms with E-state index in [-0.39, 0.29) is 23.6 Å². The minimum atomic E-state index is -0.496. The van der Waals surface area contributed by atoms with Crippen LogP contribution in [0.2, 0.25) is 5.02 Å². The number of para-hydroxylation sites is 1. The Morgan fingerprint density at radius 1 is 1.20 bits per heavy atom. The van der Waals surface area contributed by atoms with Crippen LogP contribution in [0, 0.1) is 5.82 Å². The van der Waals surface area contributed by atoms with Gasteiger partial charge in [-0.15, -0.1) is 0 Å². The van der Waals surface area contributed by atoms with Crippen LogP contribution in [0.5, 0.6) is 0 Å². The smallest absolute Gasteiger partial charge is 0.310 e. The maximum absolute atomic E-state index is 13.5. The molecule has 0 heterocycles. The highest BCUT2D eigenvalue weighted by Gasteiger charge is 2.11. The SMILES string of the molecule is Nc1ccccc1CC(=O)OCc1c(F)cccc1Cl. The highest BCUT2D eigenvalue weighted by atomic mass is 35.5. The number of hydrogen-bond donors (Lipinski definition) is 1. The Morgan fingerprint density at radius 2 is 1.95 bits per heavy atom. The minimum Gasteiger partial charge on any atom is -0.460 e. The summed E-state index contributed by atoms with van der Waals surface area (Å²) in [5, 5.41) is 0.233. The second-order valence-corrected chi connectivity index (χ2v) is 4.64. The summed E-state index contributed by atoms with van der Waals surface area (Å²) in [6.45, 7) is -0.197. The van der Waals surface area contributed by atoms with E-state index in [1.807, 2.05) is 0 Å². The third-order valence-electron chi connectivity index (χ3n) is 2.83. The minimum absolute atomic E-state index is 0.0404. The molecule has 20 heavy (non-hydrogen) atoms. The molecule has 2 N–H and O–H groups in total. The van der Waals surface area contributed by atoms with Crippen LogP contribution in [0.15, 0.2) is 42.5 Å². The lowest BCUT2D eigenvalue weighted by atomic mass is 10.1. The van der Waals surface area contributed by atoms with Crippen molar-refractivity contribution in [2.75, 3.05) is 5.73 Å². The Bertz CT molecular complexity index is 611. The van der Waals surface area contributed by atoms with Gasteiger partial charge in [0.25, 0.3) is 0 Å². The lowest BCUT2D eigenvalue weighted by molar-refractivity contribution is -0.144. The monoisotopic (exact) mass is 293 g/mol. The zero-order valence-electron chi connectivity index (χ0n) is 10.6. The van der Waals surface area contributed by atoms with Gasteiger partial charge in [-0.05, 0) is 23.8 Å². The maximum atomic E-state index is 13.5. The van der Waals surface area contributed by atoms with E-state index >= 15 is 0 Å². The third kappa shape index (κ3) is 3.48. The van der Waals surface area contributed by atoms with Crippen LogP contribution >= 0.6 is 11.6 Å². The van der Waals surface area contributed by atoms with Crippen LogP contribution in [-0.2, 0) is 22.6 Å². The number of anilines is 1. The van der Waals surface area contributed by atoms with Crippen molar-refractivity contribution in [3.8, 4) is 0 Å². The number of carbonyl (C=O) groups excluding carboxylic acids is 1. The van der Waals surface area contributed by atoms with Crippen molar-refractivity contribution in [2.24, 2.45) is 0 Å². The molecule has 5 heteroatoms. The maximum Gasteiger partial charge on any atom is 0.310 e. The number of halogens is 2. The van der Waals surface area contributed by atoms with E-state index in [2.05, 4.69) is 0 Å². The van der Waals surface area contributed by atoms with E-state index < -0.39 is 11.8 Å². The molecule has 0 fully saturated rings. The lowest BCUT2D eigenvalue weighted by Crippen LogP contribution is -2.10. The van der Waals surface area contributed by atoms with Gasteiger partial charge < -0.3 is 10.5 Å². The van der Waals surface area contributed by atoms with Crippen molar-refractivity contribution in [1.29, 1.82) is 0 Å². The van der Waals surface area contributed by atoms with E-state index in [1.54, 1.807) is 30.3 Å². The molecule has 3 nitrogen and oxygen atoms in total. The van der Waals surface area contributed by atoms with Crippen molar-refractivity contribution in [1.82, 2.24) is 0 Å². The topological polar surface area (TPSA) is 52.3 Å². The summed E-state index contributed by atoms with van der Waals surface area (Å²) in [6.07, 6.45) is 0.0404. The Kier molecular flexibility index (Phi) is 4.58. The molecule has 0 aliphatic heterocycles. The number of carbonyl (C=O) groups is 1. The predicted octanol–water partition coefficient (Wildman–Crippen LogP) is 3.35. The summed E-state index contributed by atoms with van der Waals surface area (Å²) in [4.78, 5) is 11.7. The fourth-order valence-electron chi connectivity index (χ4n) is 1.72. The van der Waals surface area contributed by atoms with Crippen molar-refractivity contribution < 1.29 is 13.9 Å². The molecule has 0 saturated heterocycles. The molecule has 0 spiro atoms. The molecular weight excluding hydrogens is 281 g/mol. The van der Waals surface area contributed by atoms with Crippen molar-refractivity contribution in [3.05, 3.63) is 64.4 Å². The predicted molar refractivity (Wildman–Crippen MR) is 75.8 cm³/mol. The van der Waals surface area contributed by atoms with E-state index in [9.17, 15) is 9.18 Å². The molecule has 104 valence electrons. The van der Waals surface area contributed by atoms with Gasteiger partial charge in [0.05, 0.1) is 11.4 Å². The van der Waals surface area contributed by atoms with Crippen molar-refractivity contribution in [2.45, 2.75) is 13.0 Å². The van der Waals surface area contributed by atoms with Crippen LogP contribution in [0.25, 0.3) is 0 Å². The molecule has 0 saturated carbocycles. The summed E-state index contributed by atoms with van der Waals surface area (Å²) < 4.78 is 18.5. The van der Waals surface area contributed by atoms with E-state index in [1.165, 1.54) is 12.1 Å². The highest BCUT2D eigenvalue weighted by molar-refractivity contribution is 6.31. The third-order valence-corrected chi connectivity index (χ3v) is 3.18. The fourth-order valence-corrected chi connectivity index (χ4v) is 1.94. The summed E-state index contributed by atoms with van der Waals surface area (Å²) in [7, 11) is 0.